The summed E-state index contributed by atoms with van der Waals surface area (Å²) in [6.45, 7) is 3.72. The first-order valence-electron chi connectivity index (χ1n) is 7.86. The van der Waals surface area contributed by atoms with Crippen molar-refractivity contribution < 1.29 is 9.59 Å². The predicted octanol–water partition coefficient (Wildman–Crippen LogP) is 2.95. The van der Waals surface area contributed by atoms with Gasteiger partial charge in [-0.2, -0.15) is 0 Å². The molecule has 126 valence electrons. The Morgan fingerprint density at radius 3 is 2.62 bits per heavy atom. The van der Waals surface area contributed by atoms with Gasteiger partial charge in [-0.25, -0.2) is 4.98 Å². The molecule has 0 atom stereocenters. The van der Waals surface area contributed by atoms with Gasteiger partial charge in [-0.15, -0.1) is 0 Å². The van der Waals surface area contributed by atoms with E-state index in [0.29, 0.717) is 27.9 Å². The van der Waals surface area contributed by atoms with Gasteiger partial charge >= 0.3 is 0 Å². The highest BCUT2D eigenvalue weighted by atomic mass is 32.1. The van der Waals surface area contributed by atoms with E-state index < -0.39 is 0 Å². The second-order valence-corrected chi connectivity index (χ2v) is 6.93. The standard InChI is InChI=1S/C17H20N4O2S/c1-9-4-7-13(12(8-9)15(22)18-3)21-16(23)14-10(2)19-17(24-14)20-11-5-6-11/h4,7-8,11H,5-6H2,1-3H3,(H,18,22)(H,19,20)(H,21,23). The quantitative estimate of drug-likeness (QED) is 0.779. The van der Waals surface area contributed by atoms with Crippen LogP contribution in [-0.2, 0) is 0 Å². The highest BCUT2D eigenvalue weighted by Gasteiger charge is 2.24. The van der Waals surface area contributed by atoms with Crippen LogP contribution in [0.15, 0.2) is 18.2 Å². The third kappa shape index (κ3) is 3.56. The Labute approximate surface area is 144 Å². The van der Waals surface area contributed by atoms with Crippen LogP contribution in [-0.4, -0.2) is 29.9 Å². The van der Waals surface area contributed by atoms with Crippen LogP contribution in [0.2, 0.25) is 0 Å². The van der Waals surface area contributed by atoms with Gasteiger partial charge in [0, 0.05) is 13.1 Å². The molecule has 1 aliphatic rings. The molecule has 1 aliphatic carbocycles. The third-order valence-corrected chi connectivity index (χ3v) is 4.89. The Morgan fingerprint density at radius 1 is 1.21 bits per heavy atom. The highest BCUT2D eigenvalue weighted by Crippen LogP contribution is 2.30. The van der Waals surface area contributed by atoms with Gasteiger partial charge in [0.1, 0.15) is 4.88 Å². The van der Waals surface area contributed by atoms with Crippen molar-refractivity contribution in [3.63, 3.8) is 0 Å². The molecule has 0 spiro atoms. The average Bonchev–Trinajstić information content (AvgIpc) is 3.29. The zero-order valence-electron chi connectivity index (χ0n) is 13.9. The van der Waals surface area contributed by atoms with Crippen LogP contribution in [0.3, 0.4) is 0 Å². The van der Waals surface area contributed by atoms with Gasteiger partial charge in [0.25, 0.3) is 11.8 Å². The smallest absolute Gasteiger partial charge is 0.267 e. The van der Waals surface area contributed by atoms with E-state index >= 15 is 0 Å². The Morgan fingerprint density at radius 2 is 1.96 bits per heavy atom. The van der Waals surface area contributed by atoms with E-state index in [1.807, 2.05) is 19.9 Å². The number of amides is 2. The van der Waals surface area contributed by atoms with Crippen molar-refractivity contribution >= 4 is 34.0 Å². The number of rotatable bonds is 5. The molecule has 24 heavy (non-hydrogen) atoms. The molecule has 3 rings (SSSR count). The lowest BCUT2D eigenvalue weighted by Gasteiger charge is -2.10. The minimum Gasteiger partial charge on any atom is -0.359 e. The molecule has 1 saturated carbocycles. The van der Waals surface area contributed by atoms with E-state index in [2.05, 4.69) is 20.9 Å². The molecule has 7 heteroatoms. The second kappa shape index (κ2) is 6.60. The summed E-state index contributed by atoms with van der Waals surface area (Å²) in [6.07, 6.45) is 2.30. The normalized spacial score (nSPS) is 13.5. The molecule has 2 amide bonds. The monoisotopic (exact) mass is 344 g/mol. The number of anilines is 2. The highest BCUT2D eigenvalue weighted by molar-refractivity contribution is 7.17. The van der Waals surface area contributed by atoms with E-state index in [-0.39, 0.29) is 11.8 Å². The number of aryl methyl sites for hydroxylation is 2. The first-order chi connectivity index (χ1) is 11.5. The Hall–Kier alpha value is -2.41. The van der Waals surface area contributed by atoms with E-state index in [1.165, 1.54) is 11.3 Å². The summed E-state index contributed by atoms with van der Waals surface area (Å²) in [6, 6.07) is 5.86. The summed E-state index contributed by atoms with van der Waals surface area (Å²) >= 11 is 1.34. The minimum absolute atomic E-state index is 0.230. The molecule has 1 heterocycles. The van der Waals surface area contributed by atoms with Gasteiger partial charge in [0.15, 0.2) is 5.13 Å². The van der Waals surface area contributed by atoms with Gasteiger partial charge in [0.05, 0.1) is 16.9 Å². The Balaban J connectivity index is 1.82. The molecule has 0 aliphatic heterocycles. The van der Waals surface area contributed by atoms with E-state index in [4.69, 9.17) is 0 Å². The number of nitrogens with zero attached hydrogens (tertiary/aromatic N) is 1. The molecule has 0 unspecified atom stereocenters. The zero-order chi connectivity index (χ0) is 17.3. The lowest BCUT2D eigenvalue weighted by atomic mass is 10.1. The summed E-state index contributed by atoms with van der Waals surface area (Å²) in [7, 11) is 1.57. The van der Waals surface area contributed by atoms with Crippen molar-refractivity contribution in [2.75, 3.05) is 17.7 Å². The van der Waals surface area contributed by atoms with Crippen LogP contribution in [0.1, 0.15) is 44.1 Å². The first-order valence-corrected chi connectivity index (χ1v) is 8.67. The maximum atomic E-state index is 12.6. The fraction of sp³-hybridized carbons (Fsp3) is 0.353. The van der Waals surface area contributed by atoms with Crippen molar-refractivity contribution in [2.45, 2.75) is 32.7 Å². The summed E-state index contributed by atoms with van der Waals surface area (Å²) in [5.74, 6) is -0.478. The molecular formula is C17H20N4O2S. The van der Waals surface area contributed by atoms with Crippen LogP contribution in [0.4, 0.5) is 10.8 Å². The third-order valence-electron chi connectivity index (χ3n) is 3.80. The number of nitrogens with one attached hydrogen (secondary N) is 3. The van der Waals surface area contributed by atoms with Gasteiger partial charge < -0.3 is 16.0 Å². The first kappa shape index (κ1) is 16.4. The van der Waals surface area contributed by atoms with Gasteiger partial charge in [-0.05, 0) is 38.8 Å². The van der Waals surface area contributed by atoms with Crippen LogP contribution >= 0.6 is 11.3 Å². The van der Waals surface area contributed by atoms with E-state index in [1.54, 1.807) is 19.2 Å². The SMILES string of the molecule is CNC(=O)c1cc(C)ccc1NC(=O)c1sc(NC2CC2)nc1C. The molecule has 0 radical (unpaired) electrons. The molecule has 1 fully saturated rings. The van der Waals surface area contributed by atoms with Crippen LogP contribution in [0.5, 0.6) is 0 Å². The maximum Gasteiger partial charge on any atom is 0.267 e. The number of hydrogen-bond acceptors (Lipinski definition) is 5. The second-order valence-electron chi connectivity index (χ2n) is 5.93. The molecular weight excluding hydrogens is 324 g/mol. The lowest BCUT2D eigenvalue weighted by molar-refractivity contribution is 0.0964. The van der Waals surface area contributed by atoms with Crippen molar-refractivity contribution in [2.24, 2.45) is 0 Å². The van der Waals surface area contributed by atoms with Gasteiger partial charge in [0.2, 0.25) is 0 Å². The van der Waals surface area contributed by atoms with Gasteiger partial charge in [-0.1, -0.05) is 23.0 Å². The molecule has 1 aromatic carbocycles. The Bertz CT molecular complexity index is 796. The molecule has 0 bridgehead atoms. The number of carbonyl (C=O) groups excluding carboxylic acids is 2. The predicted molar refractivity (Wildman–Crippen MR) is 96.0 cm³/mol. The molecule has 2 aromatic rings. The summed E-state index contributed by atoms with van der Waals surface area (Å²) < 4.78 is 0. The summed E-state index contributed by atoms with van der Waals surface area (Å²) in [5.41, 5.74) is 2.59. The van der Waals surface area contributed by atoms with Crippen molar-refractivity contribution in [3.05, 3.63) is 39.9 Å². The number of carbonyl (C=O) groups is 2. The molecule has 1 aromatic heterocycles. The number of thiazole rings is 1. The molecule has 6 nitrogen and oxygen atoms in total. The largest absolute Gasteiger partial charge is 0.359 e. The minimum atomic E-state index is -0.247. The fourth-order valence-corrected chi connectivity index (χ4v) is 3.28. The van der Waals surface area contributed by atoms with E-state index in [9.17, 15) is 9.59 Å². The average molecular weight is 344 g/mol. The van der Waals surface area contributed by atoms with Crippen LogP contribution in [0.25, 0.3) is 0 Å². The fourth-order valence-electron chi connectivity index (χ4n) is 2.34. The number of aromatic nitrogens is 1. The molecule has 0 saturated heterocycles. The number of hydrogen-bond donors (Lipinski definition) is 3. The van der Waals surface area contributed by atoms with Crippen LogP contribution in [0, 0.1) is 13.8 Å². The van der Waals surface area contributed by atoms with Gasteiger partial charge in [-0.3, -0.25) is 9.59 Å². The summed E-state index contributed by atoms with van der Waals surface area (Å²) in [5, 5.41) is 9.51. The van der Waals surface area contributed by atoms with Crippen molar-refractivity contribution in [3.8, 4) is 0 Å². The maximum absolute atomic E-state index is 12.6. The molecule has 3 N–H and O–H groups in total. The van der Waals surface area contributed by atoms with E-state index in [0.717, 1.165) is 23.5 Å². The summed E-state index contributed by atoms with van der Waals surface area (Å²) in [4.78, 5) is 29.6. The van der Waals surface area contributed by atoms with Crippen molar-refractivity contribution in [1.82, 2.24) is 10.3 Å². The zero-order valence-corrected chi connectivity index (χ0v) is 14.7. The Kier molecular flexibility index (Phi) is 4.53. The van der Waals surface area contributed by atoms with Crippen molar-refractivity contribution in [1.29, 1.82) is 0 Å². The van der Waals surface area contributed by atoms with Crippen LogP contribution < -0.4 is 16.0 Å². The topological polar surface area (TPSA) is 83.1 Å². The number of benzene rings is 1. The lowest BCUT2D eigenvalue weighted by Crippen LogP contribution is -2.21.